The topological polar surface area (TPSA) is 91.9 Å². The van der Waals surface area contributed by atoms with Gasteiger partial charge in [0.05, 0.1) is 25.0 Å². The molecule has 4 aromatic rings. The Morgan fingerprint density at radius 3 is 2.43 bits per heavy atom. The number of hydrogen-bond acceptors (Lipinski definition) is 5. The molecule has 2 aliphatic rings. The van der Waals surface area contributed by atoms with Crippen molar-refractivity contribution in [3.63, 3.8) is 0 Å². The van der Waals surface area contributed by atoms with Gasteiger partial charge in [-0.15, -0.1) is 0 Å². The SMILES string of the molecule is CCOC(=O)c1ccc(N2C(=O)[C@@H]3Cc4c([nH]c5ccccc45)[C@H](c4ccc(OC)cc4)N3C2=O)cc1. The van der Waals surface area contributed by atoms with Gasteiger partial charge in [0, 0.05) is 23.0 Å². The summed E-state index contributed by atoms with van der Waals surface area (Å²) >= 11 is 0. The van der Waals surface area contributed by atoms with Crippen molar-refractivity contribution >= 4 is 34.5 Å². The Hall–Kier alpha value is -4.59. The number of aromatic amines is 1. The van der Waals surface area contributed by atoms with Crippen molar-refractivity contribution in [2.24, 2.45) is 0 Å². The number of ether oxygens (including phenoxy) is 2. The van der Waals surface area contributed by atoms with Gasteiger partial charge in [0.25, 0.3) is 5.91 Å². The number of methoxy groups -OCH3 is 1. The van der Waals surface area contributed by atoms with Crippen molar-refractivity contribution in [1.82, 2.24) is 9.88 Å². The lowest BCUT2D eigenvalue weighted by molar-refractivity contribution is -0.120. The van der Waals surface area contributed by atoms with E-state index in [1.54, 1.807) is 43.2 Å². The molecule has 37 heavy (non-hydrogen) atoms. The van der Waals surface area contributed by atoms with Crippen LogP contribution in [-0.2, 0) is 16.0 Å². The van der Waals surface area contributed by atoms with Crippen LogP contribution in [0.15, 0.2) is 72.8 Å². The highest BCUT2D eigenvalue weighted by atomic mass is 16.5. The minimum Gasteiger partial charge on any atom is -0.497 e. The first-order valence-corrected chi connectivity index (χ1v) is 12.2. The lowest BCUT2D eigenvalue weighted by Crippen LogP contribution is -2.44. The molecule has 8 nitrogen and oxygen atoms in total. The largest absolute Gasteiger partial charge is 0.497 e. The summed E-state index contributed by atoms with van der Waals surface area (Å²) in [5.41, 5.74) is 4.57. The van der Waals surface area contributed by atoms with Crippen LogP contribution in [0.4, 0.5) is 10.5 Å². The van der Waals surface area contributed by atoms with Crippen LogP contribution in [0.1, 0.15) is 40.1 Å². The molecule has 1 N–H and O–H groups in total. The number of aromatic nitrogens is 1. The maximum absolute atomic E-state index is 13.9. The van der Waals surface area contributed by atoms with Crippen molar-refractivity contribution in [3.05, 3.63) is 95.2 Å². The molecule has 1 fully saturated rings. The van der Waals surface area contributed by atoms with E-state index in [0.717, 1.165) is 27.7 Å². The van der Waals surface area contributed by atoms with E-state index in [2.05, 4.69) is 4.98 Å². The Balaban J connectivity index is 1.44. The molecule has 2 aliphatic heterocycles. The van der Waals surface area contributed by atoms with Crippen LogP contribution in [0.25, 0.3) is 10.9 Å². The summed E-state index contributed by atoms with van der Waals surface area (Å²) in [6.07, 6.45) is 0.411. The van der Waals surface area contributed by atoms with E-state index in [4.69, 9.17) is 9.47 Å². The third-order valence-corrected chi connectivity index (χ3v) is 7.12. The first-order chi connectivity index (χ1) is 18.0. The number of fused-ring (bicyclic) bond motifs is 4. The van der Waals surface area contributed by atoms with Gasteiger partial charge in [0.15, 0.2) is 0 Å². The second-order valence-corrected chi connectivity index (χ2v) is 9.09. The van der Waals surface area contributed by atoms with Crippen molar-refractivity contribution in [2.75, 3.05) is 18.6 Å². The first kappa shape index (κ1) is 22.8. The van der Waals surface area contributed by atoms with Gasteiger partial charge < -0.3 is 14.5 Å². The fraction of sp³-hybridized carbons (Fsp3) is 0.207. The lowest BCUT2D eigenvalue weighted by Gasteiger charge is -2.36. The van der Waals surface area contributed by atoms with E-state index in [0.29, 0.717) is 23.4 Å². The Morgan fingerprint density at radius 1 is 1.00 bits per heavy atom. The smallest absolute Gasteiger partial charge is 0.338 e. The zero-order valence-electron chi connectivity index (χ0n) is 20.4. The minimum absolute atomic E-state index is 0.266. The number of para-hydroxylation sites is 1. The molecule has 3 amide bonds. The Kier molecular flexibility index (Phi) is 5.44. The molecule has 0 unspecified atom stereocenters. The summed E-state index contributed by atoms with van der Waals surface area (Å²) < 4.78 is 10.4. The van der Waals surface area contributed by atoms with E-state index in [1.807, 2.05) is 48.5 Å². The summed E-state index contributed by atoms with van der Waals surface area (Å²) in [4.78, 5) is 46.1. The number of carbonyl (C=O) groups is 3. The molecule has 1 aromatic heterocycles. The first-order valence-electron chi connectivity index (χ1n) is 12.2. The van der Waals surface area contributed by atoms with Gasteiger partial charge in [-0.3, -0.25) is 9.69 Å². The van der Waals surface area contributed by atoms with Gasteiger partial charge in [0.1, 0.15) is 17.8 Å². The van der Waals surface area contributed by atoms with Crippen molar-refractivity contribution in [2.45, 2.75) is 25.4 Å². The van der Waals surface area contributed by atoms with Crippen LogP contribution in [0.3, 0.4) is 0 Å². The number of rotatable bonds is 5. The van der Waals surface area contributed by atoms with Gasteiger partial charge in [-0.05, 0) is 60.5 Å². The summed E-state index contributed by atoms with van der Waals surface area (Å²) in [5.74, 6) is -0.0288. The fourth-order valence-electron chi connectivity index (χ4n) is 5.41. The maximum atomic E-state index is 13.9. The number of amides is 3. The van der Waals surface area contributed by atoms with Crippen LogP contribution < -0.4 is 9.64 Å². The number of esters is 1. The van der Waals surface area contributed by atoms with Gasteiger partial charge in [-0.25, -0.2) is 14.5 Å². The molecule has 0 spiro atoms. The number of imide groups is 1. The molecular formula is C29H25N3O5. The van der Waals surface area contributed by atoms with E-state index >= 15 is 0 Å². The average molecular weight is 496 g/mol. The van der Waals surface area contributed by atoms with Crippen LogP contribution in [0.2, 0.25) is 0 Å². The highest BCUT2D eigenvalue weighted by molar-refractivity contribution is 6.22. The summed E-state index contributed by atoms with van der Waals surface area (Å²) in [6.45, 7) is 2.00. The monoisotopic (exact) mass is 495 g/mol. The molecular weight excluding hydrogens is 470 g/mol. The van der Waals surface area contributed by atoms with E-state index in [-0.39, 0.29) is 12.5 Å². The highest BCUT2D eigenvalue weighted by Gasteiger charge is 2.53. The van der Waals surface area contributed by atoms with Crippen molar-refractivity contribution < 1.29 is 23.9 Å². The average Bonchev–Trinajstić information content (AvgIpc) is 3.42. The summed E-state index contributed by atoms with van der Waals surface area (Å²) in [7, 11) is 1.61. The molecule has 0 saturated carbocycles. The number of nitrogens with one attached hydrogen (secondary N) is 1. The van der Waals surface area contributed by atoms with Crippen molar-refractivity contribution in [3.8, 4) is 5.75 Å². The zero-order valence-corrected chi connectivity index (χ0v) is 20.4. The Morgan fingerprint density at radius 2 is 1.73 bits per heavy atom. The molecule has 0 radical (unpaired) electrons. The van der Waals surface area contributed by atoms with Gasteiger partial charge in [-0.1, -0.05) is 30.3 Å². The molecule has 0 aliphatic carbocycles. The van der Waals surface area contributed by atoms with Crippen molar-refractivity contribution in [1.29, 1.82) is 0 Å². The van der Waals surface area contributed by atoms with Gasteiger partial charge >= 0.3 is 12.0 Å². The molecule has 3 aromatic carbocycles. The maximum Gasteiger partial charge on any atom is 0.338 e. The number of anilines is 1. The van der Waals surface area contributed by atoms with E-state index in [1.165, 1.54) is 4.90 Å². The third-order valence-electron chi connectivity index (χ3n) is 7.12. The van der Waals surface area contributed by atoms with E-state index < -0.39 is 24.1 Å². The van der Waals surface area contributed by atoms with Crippen LogP contribution in [0, 0.1) is 0 Å². The third kappa shape index (κ3) is 3.56. The second kappa shape index (κ2) is 8.81. The predicted molar refractivity (Wildman–Crippen MR) is 138 cm³/mol. The minimum atomic E-state index is -0.656. The summed E-state index contributed by atoms with van der Waals surface area (Å²) in [6, 6.07) is 20.4. The van der Waals surface area contributed by atoms with Crippen LogP contribution in [-0.4, -0.2) is 47.6 Å². The molecule has 3 heterocycles. The molecule has 6 rings (SSSR count). The summed E-state index contributed by atoms with van der Waals surface area (Å²) in [5, 5.41) is 1.05. The predicted octanol–water partition coefficient (Wildman–Crippen LogP) is 4.84. The van der Waals surface area contributed by atoms with Crippen LogP contribution in [0.5, 0.6) is 5.75 Å². The Labute approximate surface area is 213 Å². The molecule has 8 heteroatoms. The molecule has 1 saturated heterocycles. The van der Waals surface area contributed by atoms with E-state index in [9.17, 15) is 14.4 Å². The van der Waals surface area contributed by atoms with Gasteiger partial charge in [0.2, 0.25) is 0 Å². The number of benzene rings is 3. The molecule has 0 bridgehead atoms. The number of carbonyl (C=O) groups excluding carboxylic acids is 3. The van der Waals surface area contributed by atoms with Crippen LogP contribution >= 0.6 is 0 Å². The lowest BCUT2D eigenvalue weighted by atomic mass is 9.89. The highest BCUT2D eigenvalue weighted by Crippen LogP contribution is 2.45. The number of H-pyrrole nitrogens is 1. The number of urea groups is 1. The van der Waals surface area contributed by atoms with Gasteiger partial charge in [-0.2, -0.15) is 0 Å². The fourth-order valence-corrected chi connectivity index (χ4v) is 5.41. The number of hydrogen-bond donors (Lipinski definition) is 1. The second-order valence-electron chi connectivity index (χ2n) is 9.09. The molecule has 2 atom stereocenters. The quantitative estimate of drug-likeness (QED) is 0.316. The zero-order chi connectivity index (χ0) is 25.7. The Bertz CT molecular complexity index is 1520. The normalized spacial score (nSPS) is 18.6. The number of nitrogens with zero attached hydrogens (tertiary/aromatic N) is 2. The standard InChI is InChI=1S/C29H25N3O5/c1-3-37-28(34)18-8-12-19(13-9-18)31-27(33)24-16-22-21-6-4-5-7-23(21)30-25(22)26(32(24)29(31)35)17-10-14-20(36-2)15-11-17/h4-15,24,26,30H,3,16H2,1-2H3/t24-,26-/m0/s1. The molecule has 186 valence electrons.